The van der Waals surface area contributed by atoms with Crippen LogP contribution in [0.1, 0.15) is 46.5 Å². The van der Waals surface area contributed by atoms with Crippen LogP contribution < -0.4 is 5.32 Å². The number of unbranched alkanes of at least 4 members (excludes halogenated alkanes) is 1. The van der Waals surface area contributed by atoms with E-state index < -0.39 is 0 Å². The predicted molar refractivity (Wildman–Crippen MR) is 49.7 cm³/mol. The molecule has 1 heterocycles. The second-order valence-electron chi connectivity index (χ2n) is 4.48. The van der Waals surface area contributed by atoms with E-state index in [2.05, 4.69) is 26.1 Å². The van der Waals surface area contributed by atoms with E-state index >= 15 is 0 Å². The molecule has 0 spiro atoms. The van der Waals surface area contributed by atoms with E-state index in [1.807, 2.05) is 0 Å². The number of rotatable bonds is 3. The van der Waals surface area contributed by atoms with Gasteiger partial charge in [0.2, 0.25) is 0 Å². The summed E-state index contributed by atoms with van der Waals surface area (Å²) >= 11 is 0. The maximum Gasteiger partial charge on any atom is 0.0128 e. The molecule has 0 radical (unpaired) electrons. The number of hydrogen-bond donors (Lipinski definition) is 1. The summed E-state index contributed by atoms with van der Waals surface area (Å²) in [4.78, 5) is 0. The van der Waals surface area contributed by atoms with Crippen molar-refractivity contribution < 1.29 is 0 Å². The highest BCUT2D eigenvalue weighted by molar-refractivity contribution is 4.88. The molecule has 1 rings (SSSR count). The lowest BCUT2D eigenvalue weighted by Crippen LogP contribution is -2.31. The van der Waals surface area contributed by atoms with Gasteiger partial charge in [0.05, 0.1) is 0 Å². The highest BCUT2D eigenvalue weighted by Gasteiger charge is 2.29. The summed E-state index contributed by atoms with van der Waals surface area (Å²) in [5.74, 6) is 0.949. The van der Waals surface area contributed by atoms with Crippen LogP contribution in [0, 0.1) is 5.92 Å². The lowest BCUT2D eigenvalue weighted by molar-refractivity contribution is 0.427. The molecule has 66 valence electrons. The van der Waals surface area contributed by atoms with E-state index in [9.17, 15) is 0 Å². The summed E-state index contributed by atoms with van der Waals surface area (Å²) in [5, 5.41) is 3.55. The van der Waals surface area contributed by atoms with Crippen LogP contribution in [0.3, 0.4) is 0 Å². The van der Waals surface area contributed by atoms with Crippen molar-refractivity contribution >= 4 is 0 Å². The molecule has 0 bridgehead atoms. The van der Waals surface area contributed by atoms with Crippen molar-refractivity contribution in [2.24, 2.45) is 5.92 Å². The first-order chi connectivity index (χ1) is 5.14. The number of nitrogens with one attached hydrogen (secondary N) is 1. The molecule has 0 aromatic carbocycles. The van der Waals surface area contributed by atoms with Crippen molar-refractivity contribution in [2.75, 3.05) is 6.54 Å². The predicted octanol–water partition coefficient (Wildman–Crippen LogP) is 2.56. The maximum absolute atomic E-state index is 3.55. The van der Waals surface area contributed by atoms with Crippen LogP contribution in [0.4, 0.5) is 0 Å². The zero-order valence-corrected chi connectivity index (χ0v) is 8.11. The fraction of sp³-hybridized carbons (Fsp3) is 1.00. The van der Waals surface area contributed by atoms with Crippen molar-refractivity contribution in [1.82, 2.24) is 5.32 Å². The van der Waals surface area contributed by atoms with Crippen molar-refractivity contribution in [3.8, 4) is 0 Å². The fourth-order valence-corrected chi connectivity index (χ4v) is 1.98. The summed E-state index contributed by atoms with van der Waals surface area (Å²) in [6, 6.07) is 0. The van der Waals surface area contributed by atoms with E-state index in [-0.39, 0.29) is 0 Å². The van der Waals surface area contributed by atoms with Gasteiger partial charge < -0.3 is 5.32 Å². The maximum atomic E-state index is 3.55. The molecule has 0 aliphatic carbocycles. The van der Waals surface area contributed by atoms with Gasteiger partial charge >= 0.3 is 0 Å². The fourth-order valence-electron chi connectivity index (χ4n) is 1.98. The summed E-state index contributed by atoms with van der Waals surface area (Å²) in [6.45, 7) is 8.12. The Hall–Kier alpha value is -0.0400. The Morgan fingerprint density at radius 3 is 2.64 bits per heavy atom. The molecule has 1 fully saturated rings. The summed E-state index contributed by atoms with van der Waals surface area (Å²) in [7, 11) is 0. The molecular formula is C10H21N. The van der Waals surface area contributed by atoms with Crippen LogP contribution in [-0.4, -0.2) is 12.1 Å². The Labute approximate surface area is 70.6 Å². The lowest BCUT2D eigenvalue weighted by atomic mass is 9.93. The van der Waals surface area contributed by atoms with Crippen molar-refractivity contribution in [3.63, 3.8) is 0 Å². The van der Waals surface area contributed by atoms with Crippen LogP contribution in [0.5, 0.6) is 0 Å². The first-order valence-electron chi connectivity index (χ1n) is 4.89. The Bertz CT molecular complexity index is 118. The van der Waals surface area contributed by atoms with Gasteiger partial charge in [-0.3, -0.25) is 0 Å². The lowest BCUT2D eigenvalue weighted by Gasteiger charge is -2.17. The van der Waals surface area contributed by atoms with Crippen LogP contribution in [0.15, 0.2) is 0 Å². The molecule has 1 nitrogen and oxygen atoms in total. The van der Waals surface area contributed by atoms with Gasteiger partial charge in [0.1, 0.15) is 0 Å². The minimum Gasteiger partial charge on any atom is -0.312 e. The molecule has 1 aliphatic rings. The molecule has 11 heavy (non-hydrogen) atoms. The Balaban J connectivity index is 2.20. The normalized spacial score (nSPS) is 29.2. The van der Waals surface area contributed by atoms with Gasteiger partial charge in [0.15, 0.2) is 0 Å². The van der Waals surface area contributed by atoms with Crippen LogP contribution in [-0.2, 0) is 0 Å². The molecule has 0 aromatic rings. The van der Waals surface area contributed by atoms with Gasteiger partial charge in [-0.2, -0.15) is 0 Å². The van der Waals surface area contributed by atoms with Crippen molar-refractivity contribution in [3.05, 3.63) is 0 Å². The molecule has 1 atom stereocenters. The molecule has 0 aromatic heterocycles. The largest absolute Gasteiger partial charge is 0.312 e. The van der Waals surface area contributed by atoms with Gasteiger partial charge in [-0.1, -0.05) is 19.8 Å². The number of hydrogen-bond acceptors (Lipinski definition) is 1. The Morgan fingerprint density at radius 1 is 1.45 bits per heavy atom. The minimum atomic E-state index is 0.415. The zero-order chi connectivity index (χ0) is 8.32. The quantitative estimate of drug-likeness (QED) is 0.660. The molecule has 1 heteroatoms. The van der Waals surface area contributed by atoms with Gasteiger partial charge in [-0.25, -0.2) is 0 Å². The van der Waals surface area contributed by atoms with Crippen LogP contribution >= 0.6 is 0 Å². The van der Waals surface area contributed by atoms with Crippen LogP contribution in [0.2, 0.25) is 0 Å². The van der Waals surface area contributed by atoms with Gasteiger partial charge in [-0.05, 0) is 39.2 Å². The van der Waals surface area contributed by atoms with E-state index in [1.165, 1.54) is 32.2 Å². The molecule has 0 amide bonds. The summed E-state index contributed by atoms with van der Waals surface area (Å²) < 4.78 is 0. The van der Waals surface area contributed by atoms with Crippen LogP contribution in [0.25, 0.3) is 0 Å². The third-order valence-corrected chi connectivity index (χ3v) is 2.63. The van der Waals surface area contributed by atoms with Gasteiger partial charge in [0, 0.05) is 5.54 Å². The molecule has 0 saturated carbocycles. The monoisotopic (exact) mass is 155 g/mol. The second kappa shape index (κ2) is 3.57. The third kappa shape index (κ3) is 2.82. The Kier molecular flexibility index (Phi) is 2.94. The molecule has 1 saturated heterocycles. The van der Waals surface area contributed by atoms with Crippen molar-refractivity contribution in [2.45, 2.75) is 52.0 Å². The van der Waals surface area contributed by atoms with Gasteiger partial charge in [-0.15, -0.1) is 0 Å². The first-order valence-corrected chi connectivity index (χ1v) is 4.89. The van der Waals surface area contributed by atoms with E-state index in [0.717, 1.165) is 5.92 Å². The SMILES string of the molecule is CCCCC1CNC(C)(C)C1. The Morgan fingerprint density at radius 2 is 2.18 bits per heavy atom. The second-order valence-corrected chi connectivity index (χ2v) is 4.48. The van der Waals surface area contributed by atoms with E-state index in [0.29, 0.717) is 5.54 Å². The molecule has 1 unspecified atom stereocenters. The topological polar surface area (TPSA) is 12.0 Å². The summed E-state index contributed by atoms with van der Waals surface area (Å²) in [6.07, 6.45) is 5.54. The van der Waals surface area contributed by atoms with Gasteiger partial charge in [0.25, 0.3) is 0 Å². The van der Waals surface area contributed by atoms with E-state index in [4.69, 9.17) is 0 Å². The highest BCUT2D eigenvalue weighted by Crippen LogP contribution is 2.26. The average molecular weight is 155 g/mol. The highest BCUT2D eigenvalue weighted by atomic mass is 15.0. The van der Waals surface area contributed by atoms with Crippen molar-refractivity contribution in [1.29, 1.82) is 0 Å². The summed E-state index contributed by atoms with van der Waals surface area (Å²) in [5.41, 5.74) is 0.415. The first kappa shape index (κ1) is 9.05. The third-order valence-electron chi connectivity index (χ3n) is 2.63. The minimum absolute atomic E-state index is 0.415. The smallest absolute Gasteiger partial charge is 0.0128 e. The molecule has 1 aliphatic heterocycles. The molecule has 1 N–H and O–H groups in total. The standard InChI is InChI=1S/C10H21N/c1-4-5-6-9-7-10(2,3)11-8-9/h9,11H,4-8H2,1-3H3. The molecular weight excluding hydrogens is 134 g/mol. The average Bonchev–Trinajstić information content (AvgIpc) is 2.26. The zero-order valence-electron chi connectivity index (χ0n) is 8.11. The van der Waals surface area contributed by atoms with E-state index in [1.54, 1.807) is 0 Å².